The van der Waals surface area contributed by atoms with Crippen LogP contribution in [0.1, 0.15) is 40.6 Å². The molecule has 3 nitrogen and oxygen atoms in total. The minimum absolute atomic E-state index is 0. The maximum Gasteiger partial charge on any atom is 0.171 e. The van der Waals surface area contributed by atoms with Crippen LogP contribution in [-0.2, 0) is 13.1 Å². The molecule has 0 unspecified atom stereocenters. The van der Waals surface area contributed by atoms with Gasteiger partial charge in [-0.15, -0.1) is 11.3 Å². The number of para-hydroxylation sites is 1. The summed E-state index contributed by atoms with van der Waals surface area (Å²) in [5, 5.41) is 11.7. The molecule has 0 aliphatic rings. The number of aryl methyl sites for hydroxylation is 1. The van der Waals surface area contributed by atoms with Crippen LogP contribution in [0.5, 0.6) is 0 Å². The maximum absolute atomic E-state index is 9.04. The van der Waals surface area contributed by atoms with E-state index < -0.39 is 0 Å². The first-order chi connectivity index (χ1) is 17.2. The SMILES string of the molecule is CCCCn1c2ccccc2c2cc(/C=C/c3ccc(/C=C/c4cc[n+](CCO)cc4)s3)ccc21.[Br-]. The Bertz CT molecular complexity index is 1490. The molecule has 0 radical (unpaired) electrons. The molecule has 0 saturated heterocycles. The minimum atomic E-state index is 0. The number of nitrogens with zero attached hydrogens (tertiary/aromatic N) is 2. The molecule has 0 saturated carbocycles. The van der Waals surface area contributed by atoms with E-state index in [1.54, 1.807) is 11.3 Å². The van der Waals surface area contributed by atoms with Crippen LogP contribution in [0.15, 0.2) is 79.1 Å². The van der Waals surface area contributed by atoms with Crippen LogP contribution in [0, 0.1) is 0 Å². The number of aliphatic hydroxyl groups is 1. The molecule has 5 rings (SSSR count). The number of fused-ring (bicyclic) bond motifs is 3. The van der Waals surface area contributed by atoms with E-state index in [1.165, 1.54) is 50.0 Å². The Morgan fingerprint density at radius 3 is 2.22 bits per heavy atom. The summed E-state index contributed by atoms with van der Waals surface area (Å²) in [4.78, 5) is 2.47. The molecule has 0 aliphatic carbocycles. The highest BCUT2D eigenvalue weighted by molar-refractivity contribution is 7.13. The van der Waals surface area contributed by atoms with E-state index in [4.69, 9.17) is 5.11 Å². The molecule has 0 amide bonds. The van der Waals surface area contributed by atoms with Gasteiger partial charge in [0.1, 0.15) is 6.61 Å². The quantitative estimate of drug-likeness (QED) is 0.269. The van der Waals surface area contributed by atoms with Gasteiger partial charge in [0.25, 0.3) is 0 Å². The first-order valence-corrected chi connectivity index (χ1v) is 13.1. The van der Waals surface area contributed by atoms with Gasteiger partial charge in [-0.3, -0.25) is 0 Å². The highest BCUT2D eigenvalue weighted by Crippen LogP contribution is 2.31. The van der Waals surface area contributed by atoms with E-state index >= 15 is 0 Å². The third-order valence-corrected chi connectivity index (χ3v) is 7.35. The number of rotatable bonds is 9. The van der Waals surface area contributed by atoms with Crippen molar-refractivity contribution >= 4 is 57.4 Å². The summed E-state index contributed by atoms with van der Waals surface area (Å²) < 4.78 is 4.45. The van der Waals surface area contributed by atoms with Crippen molar-refractivity contribution in [2.45, 2.75) is 32.9 Å². The van der Waals surface area contributed by atoms with Gasteiger partial charge in [-0.1, -0.05) is 49.8 Å². The normalized spacial score (nSPS) is 11.7. The van der Waals surface area contributed by atoms with Crippen molar-refractivity contribution in [2.24, 2.45) is 0 Å². The summed E-state index contributed by atoms with van der Waals surface area (Å²) in [5.74, 6) is 0. The average Bonchev–Trinajstić information content (AvgIpc) is 3.48. The van der Waals surface area contributed by atoms with Crippen molar-refractivity contribution in [3.8, 4) is 0 Å². The fourth-order valence-corrected chi connectivity index (χ4v) is 5.30. The summed E-state index contributed by atoms with van der Waals surface area (Å²) in [5.41, 5.74) is 5.02. The summed E-state index contributed by atoms with van der Waals surface area (Å²) >= 11 is 1.79. The highest BCUT2D eigenvalue weighted by atomic mass is 79.9. The van der Waals surface area contributed by atoms with Gasteiger partial charge in [-0.05, 0) is 60.0 Å². The van der Waals surface area contributed by atoms with Crippen LogP contribution in [0.2, 0.25) is 0 Å². The molecule has 5 aromatic rings. The molecule has 3 heterocycles. The third kappa shape index (κ3) is 5.86. The van der Waals surface area contributed by atoms with E-state index in [0.717, 1.165) is 12.1 Å². The molecule has 0 aliphatic heterocycles. The van der Waals surface area contributed by atoms with Crippen LogP contribution in [-0.4, -0.2) is 16.3 Å². The Hall–Kier alpha value is -2.99. The molecular formula is C31H31BrN2OS. The van der Waals surface area contributed by atoms with Crippen molar-refractivity contribution in [3.05, 3.63) is 100 Å². The first-order valence-electron chi connectivity index (χ1n) is 12.3. The lowest BCUT2D eigenvalue weighted by Gasteiger charge is -2.06. The highest BCUT2D eigenvalue weighted by Gasteiger charge is 2.10. The molecule has 184 valence electrons. The maximum atomic E-state index is 9.04. The monoisotopic (exact) mass is 558 g/mol. The molecule has 1 N–H and O–H groups in total. The molecule has 5 heteroatoms. The number of pyridine rings is 1. The Morgan fingerprint density at radius 2 is 1.50 bits per heavy atom. The zero-order valence-corrected chi connectivity index (χ0v) is 22.9. The Kier molecular flexibility index (Phi) is 8.92. The van der Waals surface area contributed by atoms with E-state index in [0.29, 0.717) is 6.54 Å². The molecular weight excluding hydrogens is 528 g/mol. The number of unbranched alkanes of at least 4 members (excludes halogenated alkanes) is 1. The predicted octanol–water partition coefficient (Wildman–Crippen LogP) is 4.28. The van der Waals surface area contributed by atoms with Crippen molar-refractivity contribution in [3.63, 3.8) is 0 Å². The fourth-order valence-electron chi connectivity index (χ4n) is 4.48. The van der Waals surface area contributed by atoms with Crippen molar-refractivity contribution in [2.75, 3.05) is 6.61 Å². The number of hydrogen-bond donors (Lipinski definition) is 1. The minimum Gasteiger partial charge on any atom is -1.00 e. The second kappa shape index (κ2) is 12.3. The van der Waals surface area contributed by atoms with Gasteiger partial charge in [0, 0.05) is 50.2 Å². The predicted molar refractivity (Wildman–Crippen MR) is 150 cm³/mol. The van der Waals surface area contributed by atoms with Gasteiger partial charge in [0.05, 0.1) is 0 Å². The summed E-state index contributed by atoms with van der Waals surface area (Å²) in [6.07, 6.45) is 15.1. The topological polar surface area (TPSA) is 29.0 Å². The molecule has 36 heavy (non-hydrogen) atoms. The van der Waals surface area contributed by atoms with Crippen LogP contribution >= 0.6 is 11.3 Å². The van der Waals surface area contributed by atoms with Crippen molar-refractivity contribution in [1.29, 1.82) is 0 Å². The smallest absolute Gasteiger partial charge is 0.171 e. The van der Waals surface area contributed by atoms with E-state index in [-0.39, 0.29) is 23.6 Å². The van der Waals surface area contributed by atoms with E-state index in [9.17, 15) is 0 Å². The van der Waals surface area contributed by atoms with Crippen LogP contribution < -0.4 is 21.5 Å². The lowest BCUT2D eigenvalue weighted by atomic mass is 10.1. The van der Waals surface area contributed by atoms with Gasteiger partial charge < -0.3 is 26.7 Å². The lowest BCUT2D eigenvalue weighted by Crippen LogP contribution is -3.00. The molecule has 3 aromatic heterocycles. The number of halogens is 1. The Balaban J connectivity index is 0.00000304. The number of thiophene rings is 1. The third-order valence-electron chi connectivity index (χ3n) is 6.33. The van der Waals surface area contributed by atoms with Gasteiger partial charge >= 0.3 is 0 Å². The van der Waals surface area contributed by atoms with Crippen LogP contribution in [0.3, 0.4) is 0 Å². The van der Waals surface area contributed by atoms with E-state index in [1.807, 2.05) is 17.0 Å². The number of aromatic nitrogens is 2. The van der Waals surface area contributed by atoms with Crippen LogP contribution in [0.25, 0.3) is 46.1 Å². The number of benzene rings is 2. The fraction of sp³-hybridized carbons (Fsp3) is 0.194. The summed E-state index contributed by atoms with van der Waals surface area (Å²) in [7, 11) is 0. The zero-order chi connectivity index (χ0) is 24.0. The van der Waals surface area contributed by atoms with Gasteiger partial charge in [-0.2, -0.15) is 0 Å². The largest absolute Gasteiger partial charge is 1.00 e. The molecule has 0 fully saturated rings. The summed E-state index contributed by atoms with van der Waals surface area (Å²) in [6.45, 7) is 4.09. The zero-order valence-electron chi connectivity index (χ0n) is 20.5. The molecule has 2 aromatic carbocycles. The van der Waals surface area contributed by atoms with Gasteiger partial charge in [-0.25, -0.2) is 4.57 Å². The number of hydrogen-bond acceptors (Lipinski definition) is 2. The summed E-state index contributed by atoms with van der Waals surface area (Å²) in [6, 6.07) is 24.1. The molecule has 0 atom stereocenters. The molecule has 0 spiro atoms. The van der Waals surface area contributed by atoms with Gasteiger partial charge in [0.2, 0.25) is 0 Å². The number of aliphatic hydroxyl groups excluding tert-OH is 1. The van der Waals surface area contributed by atoms with Gasteiger partial charge in [0.15, 0.2) is 18.9 Å². The average molecular weight is 560 g/mol. The second-order valence-corrected chi connectivity index (χ2v) is 9.95. The Morgan fingerprint density at radius 1 is 0.806 bits per heavy atom. The molecule has 0 bridgehead atoms. The Labute approximate surface area is 227 Å². The van der Waals surface area contributed by atoms with E-state index in [2.05, 4.69) is 103 Å². The standard InChI is InChI=1S/C31H31N2OS.BrH/c1-2-3-18-33-30-7-5-4-6-28(30)29-23-25(10-15-31(29)33)9-12-27-14-13-26(35-27)11-8-24-16-19-32(20-17-24)21-22-34;/h4-17,19-20,23,34H,2-3,18,21-22H2,1H3;1H/q+1;/p-1. The van der Waals surface area contributed by atoms with Crippen molar-refractivity contribution in [1.82, 2.24) is 4.57 Å². The van der Waals surface area contributed by atoms with Crippen LogP contribution in [0.4, 0.5) is 0 Å². The van der Waals surface area contributed by atoms with Crippen molar-refractivity contribution < 1.29 is 26.7 Å². The first kappa shape index (κ1) is 26.1. The lowest BCUT2D eigenvalue weighted by molar-refractivity contribution is -0.698. The second-order valence-electron chi connectivity index (χ2n) is 8.80.